The van der Waals surface area contributed by atoms with Crippen molar-refractivity contribution in [1.29, 1.82) is 0 Å². The molecule has 1 fully saturated rings. The van der Waals surface area contributed by atoms with E-state index in [0.29, 0.717) is 12.1 Å². The van der Waals surface area contributed by atoms with E-state index in [2.05, 4.69) is 74.2 Å². The quantitative estimate of drug-likeness (QED) is 0.885. The Labute approximate surface area is 120 Å². The highest BCUT2D eigenvalue weighted by atomic mass is 79.9. The SMILES string of the molecule is CC(NC1CCN(C)C1)c1ccc(Br)cc1Br. The Hall–Kier alpha value is 0.1000. The molecule has 0 aromatic heterocycles. The minimum atomic E-state index is 0.383. The number of likely N-dealkylation sites (N-methyl/N-ethyl adjacent to an activating group) is 1. The van der Waals surface area contributed by atoms with E-state index >= 15 is 0 Å². The van der Waals surface area contributed by atoms with Gasteiger partial charge in [0.25, 0.3) is 0 Å². The summed E-state index contributed by atoms with van der Waals surface area (Å²) in [6.45, 7) is 4.58. The maximum absolute atomic E-state index is 3.70. The van der Waals surface area contributed by atoms with Crippen molar-refractivity contribution in [2.75, 3.05) is 20.1 Å². The number of hydrogen-bond acceptors (Lipinski definition) is 2. The van der Waals surface area contributed by atoms with Crippen LogP contribution in [0.15, 0.2) is 27.1 Å². The molecular formula is C13H18Br2N2. The van der Waals surface area contributed by atoms with Crippen molar-refractivity contribution in [1.82, 2.24) is 10.2 Å². The van der Waals surface area contributed by atoms with Crippen molar-refractivity contribution < 1.29 is 0 Å². The molecule has 2 unspecified atom stereocenters. The molecule has 1 heterocycles. The van der Waals surface area contributed by atoms with Crippen molar-refractivity contribution in [2.24, 2.45) is 0 Å². The van der Waals surface area contributed by atoms with Gasteiger partial charge in [0.1, 0.15) is 0 Å². The van der Waals surface area contributed by atoms with Crippen LogP contribution in [0.1, 0.15) is 24.9 Å². The van der Waals surface area contributed by atoms with Crippen molar-refractivity contribution >= 4 is 31.9 Å². The minimum Gasteiger partial charge on any atom is -0.306 e. The number of hydrogen-bond donors (Lipinski definition) is 1. The minimum absolute atomic E-state index is 0.383. The molecule has 0 bridgehead atoms. The monoisotopic (exact) mass is 360 g/mol. The summed E-state index contributed by atoms with van der Waals surface area (Å²) in [5, 5.41) is 3.70. The summed E-state index contributed by atoms with van der Waals surface area (Å²) < 4.78 is 2.28. The topological polar surface area (TPSA) is 15.3 Å². The van der Waals surface area contributed by atoms with E-state index in [9.17, 15) is 0 Å². The average Bonchev–Trinajstić information content (AvgIpc) is 2.63. The van der Waals surface area contributed by atoms with Crippen molar-refractivity contribution in [2.45, 2.75) is 25.4 Å². The third kappa shape index (κ3) is 3.53. The average molecular weight is 362 g/mol. The van der Waals surface area contributed by atoms with Crippen LogP contribution in [-0.2, 0) is 0 Å². The molecule has 4 heteroatoms. The third-order valence-electron chi connectivity index (χ3n) is 3.31. The molecule has 0 spiro atoms. The standard InChI is InChI=1S/C13H18Br2N2/c1-9(16-11-5-6-17(2)8-11)12-4-3-10(14)7-13(12)15/h3-4,7,9,11,16H,5-6,8H2,1-2H3. The maximum Gasteiger partial charge on any atom is 0.0306 e. The number of nitrogens with zero attached hydrogens (tertiary/aromatic N) is 1. The van der Waals surface area contributed by atoms with E-state index in [1.807, 2.05) is 0 Å². The predicted molar refractivity (Wildman–Crippen MR) is 79.3 cm³/mol. The zero-order chi connectivity index (χ0) is 12.4. The number of likely N-dealkylation sites (tertiary alicyclic amines) is 1. The fourth-order valence-electron chi connectivity index (χ4n) is 2.37. The van der Waals surface area contributed by atoms with Gasteiger partial charge in [-0.2, -0.15) is 0 Å². The molecule has 2 atom stereocenters. The Balaban J connectivity index is 2.01. The summed E-state index contributed by atoms with van der Waals surface area (Å²) in [7, 11) is 2.18. The molecule has 1 saturated heterocycles. The van der Waals surface area contributed by atoms with Crippen LogP contribution in [0.3, 0.4) is 0 Å². The molecule has 0 radical (unpaired) electrons. The van der Waals surface area contributed by atoms with Gasteiger partial charge in [0.05, 0.1) is 0 Å². The number of rotatable bonds is 3. The molecule has 2 nitrogen and oxygen atoms in total. The van der Waals surface area contributed by atoms with E-state index in [4.69, 9.17) is 0 Å². The van der Waals surface area contributed by atoms with Gasteiger partial charge in [-0.1, -0.05) is 37.9 Å². The molecule has 0 aliphatic carbocycles. The lowest BCUT2D eigenvalue weighted by Crippen LogP contribution is -2.33. The molecule has 1 aliphatic heterocycles. The van der Waals surface area contributed by atoms with Gasteiger partial charge in [-0.25, -0.2) is 0 Å². The van der Waals surface area contributed by atoms with Gasteiger partial charge in [0.2, 0.25) is 0 Å². The van der Waals surface area contributed by atoms with Gasteiger partial charge < -0.3 is 10.2 Å². The molecule has 17 heavy (non-hydrogen) atoms. The van der Waals surface area contributed by atoms with Crippen LogP contribution in [0.5, 0.6) is 0 Å². The molecular weight excluding hydrogens is 344 g/mol. The molecule has 94 valence electrons. The highest BCUT2D eigenvalue weighted by molar-refractivity contribution is 9.11. The second-order valence-electron chi connectivity index (χ2n) is 4.80. The fourth-order valence-corrected chi connectivity index (χ4v) is 3.76. The van der Waals surface area contributed by atoms with E-state index in [0.717, 1.165) is 11.0 Å². The van der Waals surface area contributed by atoms with E-state index in [-0.39, 0.29) is 0 Å². The van der Waals surface area contributed by atoms with Gasteiger partial charge in [-0.3, -0.25) is 0 Å². The first kappa shape index (κ1) is 13.5. The zero-order valence-corrected chi connectivity index (χ0v) is 13.4. The highest BCUT2D eigenvalue weighted by Crippen LogP contribution is 2.27. The van der Waals surface area contributed by atoms with Gasteiger partial charge in [-0.05, 0) is 44.6 Å². The summed E-state index contributed by atoms with van der Waals surface area (Å²) in [6, 6.07) is 7.37. The third-order valence-corrected chi connectivity index (χ3v) is 4.49. The first-order valence-electron chi connectivity index (χ1n) is 5.96. The van der Waals surface area contributed by atoms with Crippen LogP contribution in [0.25, 0.3) is 0 Å². The highest BCUT2D eigenvalue weighted by Gasteiger charge is 2.21. The van der Waals surface area contributed by atoms with Gasteiger partial charge in [0, 0.05) is 27.6 Å². The van der Waals surface area contributed by atoms with Gasteiger partial charge >= 0.3 is 0 Å². The number of halogens is 2. The van der Waals surface area contributed by atoms with E-state index in [1.54, 1.807) is 0 Å². The fraction of sp³-hybridized carbons (Fsp3) is 0.538. The zero-order valence-electron chi connectivity index (χ0n) is 10.2. The Bertz CT molecular complexity index is 395. The normalized spacial score (nSPS) is 22.9. The smallest absolute Gasteiger partial charge is 0.0306 e. The first-order valence-corrected chi connectivity index (χ1v) is 7.54. The lowest BCUT2D eigenvalue weighted by atomic mass is 10.1. The molecule has 0 amide bonds. The van der Waals surface area contributed by atoms with Gasteiger partial charge in [0.15, 0.2) is 0 Å². The van der Waals surface area contributed by atoms with Crippen molar-refractivity contribution in [3.05, 3.63) is 32.7 Å². The Kier molecular flexibility index (Phi) is 4.64. The lowest BCUT2D eigenvalue weighted by Gasteiger charge is -2.21. The Morgan fingerprint density at radius 3 is 2.76 bits per heavy atom. The lowest BCUT2D eigenvalue weighted by molar-refractivity contribution is 0.387. The molecule has 1 N–H and O–H groups in total. The van der Waals surface area contributed by atoms with Crippen molar-refractivity contribution in [3.8, 4) is 0 Å². The van der Waals surface area contributed by atoms with Crippen LogP contribution in [0.2, 0.25) is 0 Å². The largest absolute Gasteiger partial charge is 0.306 e. The van der Waals surface area contributed by atoms with Crippen molar-refractivity contribution in [3.63, 3.8) is 0 Å². The first-order chi connectivity index (χ1) is 8.06. The summed E-state index contributed by atoms with van der Waals surface area (Å²) in [6.07, 6.45) is 1.25. The molecule has 1 aromatic rings. The maximum atomic E-state index is 3.70. The summed E-state index contributed by atoms with van der Waals surface area (Å²) >= 11 is 7.11. The van der Waals surface area contributed by atoms with E-state index in [1.165, 1.54) is 23.0 Å². The summed E-state index contributed by atoms with van der Waals surface area (Å²) in [5.41, 5.74) is 1.32. The van der Waals surface area contributed by atoms with Crippen LogP contribution in [0, 0.1) is 0 Å². The summed E-state index contributed by atoms with van der Waals surface area (Å²) in [5.74, 6) is 0. The van der Waals surface area contributed by atoms with Crippen LogP contribution < -0.4 is 5.32 Å². The summed E-state index contributed by atoms with van der Waals surface area (Å²) in [4.78, 5) is 2.38. The van der Waals surface area contributed by atoms with Crippen LogP contribution in [0.4, 0.5) is 0 Å². The van der Waals surface area contributed by atoms with Gasteiger partial charge in [-0.15, -0.1) is 0 Å². The molecule has 1 aromatic carbocycles. The second kappa shape index (κ2) is 5.83. The molecule has 1 aliphatic rings. The molecule has 2 rings (SSSR count). The number of nitrogens with one attached hydrogen (secondary N) is 1. The second-order valence-corrected chi connectivity index (χ2v) is 6.57. The van der Waals surface area contributed by atoms with E-state index < -0.39 is 0 Å². The molecule has 0 saturated carbocycles. The number of benzene rings is 1. The predicted octanol–water partition coefficient (Wildman–Crippen LogP) is 3.57. The van der Waals surface area contributed by atoms with Crippen LogP contribution >= 0.6 is 31.9 Å². The Morgan fingerprint density at radius 2 is 2.18 bits per heavy atom. The Morgan fingerprint density at radius 1 is 1.41 bits per heavy atom. The van der Waals surface area contributed by atoms with Crippen LogP contribution in [-0.4, -0.2) is 31.1 Å².